The fourth-order valence-electron chi connectivity index (χ4n) is 2.64. The summed E-state index contributed by atoms with van der Waals surface area (Å²) in [5.41, 5.74) is 2.13. The van der Waals surface area contributed by atoms with Gasteiger partial charge in [0.1, 0.15) is 11.6 Å². The summed E-state index contributed by atoms with van der Waals surface area (Å²) in [6.07, 6.45) is 3.81. The zero-order valence-electron chi connectivity index (χ0n) is 13.4. The Hall–Kier alpha value is -1.77. The number of rotatable bonds is 5. The molecule has 0 aliphatic carbocycles. The second-order valence-corrected chi connectivity index (χ2v) is 6.49. The zero-order valence-corrected chi connectivity index (χ0v) is 14.3. The number of hydrogen-bond donors (Lipinski definition) is 0. The maximum absolute atomic E-state index is 11.8. The van der Waals surface area contributed by atoms with Gasteiger partial charge in [0.05, 0.1) is 11.9 Å². The standard InChI is InChI=1S/C15H21N5O2S/c1-18-8-12(7-16-18)15-17-13(11-23-15)9-19-3-5-20(6-4-19)14(21)10-22-2/h7-8,11H,3-6,9-10H2,1-2H3. The summed E-state index contributed by atoms with van der Waals surface area (Å²) in [7, 11) is 3.46. The van der Waals surface area contributed by atoms with Crippen molar-refractivity contribution in [2.45, 2.75) is 6.54 Å². The number of carbonyl (C=O) groups excluding carboxylic acids is 1. The molecule has 0 saturated carbocycles. The summed E-state index contributed by atoms with van der Waals surface area (Å²) in [4.78, 5) is 20.7. The Morgan fingerprint density at radius 1 is 1.35 bits per heavy atom. The molecule has 1 aliphatic heterocycles. The number of ether oxygens (including phenoxy) is 1. The lowest BCUT2D eigenvalue weighted by Gasteiger charge is -2.34. The molecule has 0 aromatic carbocycles. The number of piperazine rings is 1. The minimum Gasteiger partial charge on any atom is -0.375 e. The van der Waals surface area contributed by atoms with Gasteiger partial charge in [-0.05, 0) is 0 Å². The van der Waals surface area contributed by atoms with Gasteiger partial charge >= 0.3 is 0 Å². The van der Waals surface area contributed by atoms with Gasteiger partial charge in [-0.25, -0.2) is 4.98 Å². The first-order valence-electron chi connectivity index (χ1n) is 7.58. The van der Waals surface area contributed by atoms with Crippen LogP contribution in [0, 0.1) is 0 Å². The lowest BCUT2D eigenvalue weighted by molar-refractivity contribution is -0.136. The molecule has 124 valence electrons. The molecule has 2 aromatic heterocycles. The fourth-order valence-corrected chi connectivity index (χ4v) is 3.43. The molecule has 1 fully saturated rings. The molecule has 23 heavy (non-hydrogen) atoms. The summed E-state index contributed by atoms with van der Waals surface area (Å²) in [5.74, 6) is 0.0691. The highest BCUT2D eigenvalue weighted by atomic mass is 32.1. The van der Waals surface area contributed by atoms with Crippen molar-refractivity contribution in [1.29, 1.82) is 0 Å². The van der Waals surface area contributed by atoms with E-state index in [1.54, 1.807) is 23.1 Å². The molecule has 3 heterocycles. The summed E-state index contributed by atoms with van der Waals surface area (Å²) >= 11 is 1.64. The molecule has 1 saturated heterocycles. The third kappa shape index (κ3) is 3.95. The van der Waals surface area contributed by atoms with Crippen molar-refractivity contribution in [1.82, 2.24) is 24.6 Å². The molecule has 0 unspecified atom stereocenters. The van der Waals surface area contributed by atoms with Crippen LogP contribution in [0.25, 0.3) is 10.6 Å². The fraction of sp³-hybridized carbons (Fsp3) is 0.533. The van der Waals surface area contributed by atoms with Crippen molar-refractivity contribution < 1.29 is 9.53 Å². The molecular formula is C15H21N5O2S. The number of aryl methyl sites for hydroxylation is 1. The number of nitrogens with zero attached hydrogens (tertiary/aromatic N) is 5. The molecule has 0 radical (unpaired) electrons. The predicted molar refractivity (Wildman–Crippen MR) is 88.0 cm³/mol. The monoisotopic (exact) mass is 335 g/mol. The second-order valence-electron chi connectivity index (χ2n) is 5.64. The molecule has 1 aliphatic rings. The van der Waals surface area contributed by atoms with Gasteiger partial charge < -0.3 is 9.64 Å². The Kier molecular flexibility index (Phi) is 5.04. The van der Waals surface area contributed by atoms with E-state index in [0.717, 1.165) is 49.0 Å². The van der Waals surface area contributed by atoms with Gasteiger partial charge in [-0.3, -0.25) is 14.4 Å². The second kappa shape index (κ2) is 7.20. The van der Waals surface area contributed by atoms with Gasteiger partial charge in [-0.1, -0.05) is 0 Å². The number of methoxy groups -OCH3 is 1. The van der Waals surface area contributed by atoms with Gasteiger partial charge in [0.15, 0.2) is 0 Å². The summed E-state index contributed by atoms with van der Waals surface area (Å²) in [6, 6.07) is 0. The van der Waals surface area contributed by atoms with Gasteiger partial charge in [0, 0.05) is 64.0 Å². The highest BCUT2D eigenvalue weighted by molar-refractivity contribution is 7.13. The number of thiazole rings is 1. The van der Waals surface area contributed by atoms with Crippen LogP contribution in [-0.4, -0.2) is 70.4 Å². The van der Waals surface area contributed by atoms with Crippen LogP contribution >= 0.6 is 11.3 Å². The van der Waals surface area contributed by atoms with Crippen LogP contribution in [0.1, 0.15) is 5.69 Å². The van der Waals surface area contributed by atoms with Crippen LogP contribution in [0.2, 0.25) is 0 Å². The molecule has 0 atom stereocenters. The van der Waals surface area contributed by atoms with Crippen molar-refractivity contribution in [3.05, 3.63) is 23.5 Å². The van der Waals surface area contributed by atoms with E-state index in [-0.39, 0.29) is 12.5 Å². The smallest absolute Gasteiger partial charge is 0.248 e. The van der Waals surface area contributed by atoms with Crippen LogP contribution in [0.5, 0.6) is 0 Å². The van der Waals surface area contributed by atoms with E-state index < -0.39 is 0 Å². The summed E-state index contributed by atoms with van der Waals surface area (Å²) in [6.45, 7) is 4.23. The van der Waals surface area contributed by atoms with E-state index in [1.165, 1.54) is 0 Å². The van der Waals surface area contributed by atoms with E-state index in [0.29, 0.717) is 0 Å². The van der Waals surface area contributed by atoms with E-state index in [9.17, 15) is 4.79 Å². The van der Waals surface area contributed by atoms with Crippen molar-refractivity contribution in [3.8, 4) is 10.6 Å². The quantitative estimate of drug-likeness (QED) is 0.810. The Balaban J connectivity index is 1.53. The molecule has 0 N–H and O–H groups in total. The van der Waals surface area contributed by atoms with Crippen LogP contribution in [0.15, 0.2) is 17.8 Å². The third-order valence-corrected chi connectivity index (χ3v) is 4.82. The largest absolute Gasteiger partial charge is 0.375 e. The topological polar surface area (TPSA) is 63.5 Å². The highest BCUT2D eigenvalue weighted by Crippen LogP contribution is 2.23. The SMILES string of the molecule is COCC(=O)N1CCN(Cc2csc(-c3cnn(C)c3)n2)CC1. The highest BCUT2D eigenvalue weighted by Gasteiger charge is 2.21. The average Bonchev–Trinajstić information content (AvgIpc) is 3.17. The van der Waals surface area contributed by atoms with Crippen molar-refractivity contribution in [3.63, 3.8) is 0 Å². The Morgan fingerprint density at radius 2 is 2.13 bits per heavy atom. The normalized spacial score (nSPS) is 16.0. The van der Waals surface area contributed by atoms with Crippen molar-refractivity contribution in [2.24, 2.45) is 7.05 Å². The van der Waals surface area contributed by atoms with Gasteiger partial charge in [0.2, 0.25) is 5.91 Å². The maximum atomic E-state index is 11.8. The van der Waals surface area contributed by atoms with Crippen LogP contribution in [0.3, 0.4) is 0 Å². The molecule has 2 aromatic rings. The number of aromatic nitrogens is 3. The molecule has 1 amide bonds. The van der Waals surface area contributed by atoms with Crippen LogP contribution in [0.4, 0.5) is 0 Å². The van der Waals surface area contributed by atoms with E-state index >= 15 is 0 Å². The van der Waals surface area contributed by atoms with E-state index in [4.69, 9.17) is 9.72 Å². The Morgan fingerprint density at radius 3 is 2.78 bits per heavy atom. The first-order valence-corrected chi connectivity index (χ1v) is 8.46. The predicted octanol–water partition coefficient (Wildman–Crippen LogP) is 0.834. The summed E-state index contributed by atoms with van der Waals surface area (Å²) in [5, 5.41) is 7.29. The van der Waals surface area contributed by atoms with Gasteiger partial charge in [-0.15, -0.1) is 11.3 Å². The summed E-state index contributed by atoms with van der Waals surface area (Å²) < 4.78 is 6.69. The average molecular weight is 335 g/mol. The van der Waals surface area contributed by atoms with E-state index in [2.05, 4.69) is 15.4 Å². The molecule has 7 nitrogen and oxygen atoms in total. The van der Waals surface area contributed by atoms with Crippen molar-refractivity contribution in [2.75, 3.05) is 39.9 Å². The minimum absolute atomic E-state index is 0.0691. The molecule has 8 heteroatoms. The first kappa shape index (κ1) is 16.1. The molecule has 0 spiro atoms. The van der Waals surface area contributed by atoms with E-state index in [1.807, 2.05) is 24.3 Å². The minimum atomic E-state index is 0.0691. The number of amides is 1. The third-order valence-electron chi connectivity index (χ3n) is 3.88. The lowest BCUT2D eigenvalue weighted by Crippen LogP contribution is -2.49. The first-order chi connectivity index (χ1) is 11.2. The van der Waals surface area contributed by atoms with Gasteiger partial charge in [0.25, 0.3) is 0 Å². The van der Waals surface area contributed by atoms with Gasteiger partial charge in [-0.2, -0.15) is 5.10 Å². The van der Waals surface area contributed by atoms with Crippen molar-refractivity contribution >= 4 is 17.2 Å². The maximum Gasteiger partial charge on any atom is 0.248 e. The van der Waals surface area contributed by atoms with Crippen LogP contribution in [-0.2, 0) is 23.1 Å². The Labute approximate surface area is 139 Å². The zero-order chi connectivity index (χ0) is 16.2. The molecule has 0 bridgehead atoms. The molecular weight excluding hydrogens is 314 g/mol. The number of hydrogen-bond acceptors (Lipinski definition) is 6. The lowest BCUT2D eigenvalue weighted by atomic mass is 10.3. The number of carbonyl (C=O) groups is 1. The Bertz CT molecular complexity index is 660. The molecule has 3 rings (SSSR count). The van der Waals surface area contributed by atoms with Crippen LogP contribution < -0.4 is 0 Å².